The number of rotatable bonds is 3. The summed E-state index contributed by atoms with van der Waals surface area (Å²) >= 11 is 0. The Hall–Kier alpha value is -1.63. The maximum Gasteiger partial charge on any atom is 0.419 e. The second-order valence-electron chi connectivity index (χ2n) is 4.70. The third-order valence-corrected chi connectivity index (χ3v) is 3.21. The molecule has 20 heavy (non-hydrogen) atoms. The molecule has 2 N–H and O–H groups in total. The summed E-state index contributed by atoms with van der Waals surface area (Å²) in [5.41, 5.74) is -1.62. The number of carbonyl (C=O) groups excluding carboxylic acids is 1. The molecule has 110 valence electrons. The molecule has 1 saturated heterocycles. The van der Waals surface area contributed by atoms with Crippen LogP contribution in [0, 0.1) is 5.82 Å². The third-order valence-electron chi connectivity index (χ3n) is 3.21. The van der Waals surface area contributed by atoms with Crippen LogP contribution in [0.3, 0.4) is 0 Å². The standard InChI is InChI=1S/C13H14F4N2O/c14-11-4-3-8(6-10(11)13(15,16)17)12(20)19-7-9-2-1-5-18-9/h3-4,6,9,18H,1-2,5,7H2,(H,19,20). The van der Waals surface area contributed by atoms with E-state index in [-0.39, 0.29) is 11.6 Å². The number of alkyl halides is 3. The first-order chi connectivity index (χ1) is 9.38. The first-order valence-electron chi connectivity index (χ1n) is 6.26. The summed E-state index contributed by atoms with van der Waals surface area (Å²) in [4.78, 5) is 11.8. The van der Waals surface area contributed by atoms with Crippen molar-refractivity contribution in [1.82, 2.24) is 10.6 Å². The minimum absolute atomic E-state index is 0.140. The van der Waals surface area contributed by atoms with Crippen molar-refractivity contribution in [3.63, 3.8) is 0 Å². The van der Waals surface area contributed by atoms with Gasteiger partial charge in [0.05, 0.1) is 5.56 Å². The van der Waals surface area contributed by atoms with E-state index in [1.54, 1.807) is 0 Å². The molecule has 0 spiro atoms. The average molecular weight is 290 g/mol. The summed E-state index contributed by atoms with van der Waals surface area (Å²) in [6.45, 7) is 1.22. The molecule has 7 heteroatoms. The third kappa shape index (κ3) is 3.47. The van der Waals surface area contributed by atoms with Gasteiger partial charge in [-0.25, -0.2) is 4.39 Å². The van der Waals surface area contributed by atoms with Gasteiger partial charge in [0, 0.05) is 18.2 Å². The Kier molecular flexibility index (Phi) is 4.27. The van der Waals surface area contributed by atoms with E-state index in [0.29, 0.717) is 18.7 Å². The fourth-order valence-corrected chi connectivity index (χ4v) is 2.13. The Bertz CT molecular complexity index is 496. The van der Waals surface area contributed by atoms with E-state index in [9.17, 15) is 22.4 Å². The molecule has 1 aliphatic heterocycles. The Balaban J connectivity index is 2.06. The summed E-state index contributed by atoms with van der Waals surface area (Å²) < 4.78 is 50.7. The highest BCUT2D eigenvalue weighted by Gasteiger charge is 2.34. The Labute approximate surface area is 113 Å². The zero-order chi connectivity index (χ0) is 14.8. The van der Waals surface area contributed by atoms with Gasteiger partial charge in [-0.05, 0) is 37.6 Å². The van der Waals surface area contributed by atoms with Crippen LogP contribution in [0.1, 0.15) is 28.8 Å². The predicted molar refractivity (Wildman–Crippen MR) is 64.8 cm³/mol. The van der Waals surface area contributed by atoms with E-state index in [4.69, 9.17) is 0 Å². The van der Waals surface area contributed by atoms with Gasteiger partial charge in [0.1, 0.15) is 5.82 Å². The van der Waals surface area contributed by atoms with Crippen LogP contribution in [0.25, 0.3) is 0 Å². The lowest BCUT2D eigenvalue weighted by Crippen LogP contribution is -2.37. The fraction of sp³-hybridized carbons (Fsp3) is 0.462. The molecule has 2 rings (SSSR count). The van der Waals surface area contributed by atoms with Crippen molar-refractivity contribution in [1.29, 1.82) is 0 Å². The van der Waals surface area contributed by atoms with E-state index < -0.39 is 23.5 Å². The second-order valence-corrected chi connectivity index (χ2v) is 4.70. The number of amides is 1. The van der Waals surface area contributed by atoms with Gasteiger partial charge in [0.25, 0.3) is 5.91 Å². The number of halogens is 4. The van der Waals surface area contributed by atoms with E-state index in [2.05, 4.69) is 10.6 Å². The van der Waals surface area contributed by atoms with Crippen molar-refractivity contribution in [3.05, 3.63) is 35.1 Å². The number of hydrogen-bond acceptors (Lipinski definition) is 2. The van der Waals surface area contributed by atoms with Gasteiger partial charge in [-0.2, -0.15) is 13.2 Å². The summed E-state index contributed by atoms with van der Waals surface area (Å²) in [6, 6.07) is 2.38. The molecule has 1 aromatic carbocycles. The number of carbonyl (C=O) groups is 1. The number of hydrogen-bond donors (Lipinski definition) is 2. The molecule has 1 atom stereocenters. The highest BCUT2D eigenvalue weighted by molar-refractivity contribution is 5.94. The summed E-state index contributed by atoms with van der Waals surface area (Å²) in [6.07, 6.45) is -2.89. The minimum Gasteiger partial charge on any atom is -0.350 e. The lowest BCUT2D eigenvalue weighted by Gasteiger charge is -2.13. The molecule has 0 aromatic heterocycles. The smallest absolute Gasteiger partial charge is 0.350 e. The van der Waals surface area contributed by atoms with Crippen LogP contribution >= 0.6 is 0 Å². The molecule has 3 nitrogen and oxygen atoms in total. The van der Waals surface area contributed by atoms with Gasteiger partial charge in [0.15, 0.2) is 0 Å². The van der Waals surface area contributed by atoms with Crippen LogP contribution in [0.5, 0.6) is 0 Å². The Morgan fingerprint density at radius 3 is 2.75 bits per heavy atom. The number of nitrogens with one attached hydrogen (secondary N) is 2. The van der Waals surface area contributed by atoms with Gasteiger partial charge in [-0.15, -0.1) is 0 Å². The Morgan fingerprint density at radius 1 is 1.40 bits per heavy atom. The van der Waals surface area contributed by atoms with E-state index in [1.807, 2.05) is 0 Å². The molecular formula is C13H14F4N2O. The molecule has 0 bridgehead atoms. The molecular weight excluding hydrogens is 276 g/mol. The van der Waals surface area contributed by atoms with Crippen molar-refractivity contribution in [2.75, 3.05) is 13.1 Å². The largest absolute Gasteiger partial charge is 0.419 e. The second kappa shape index (κ2) is 5.78. The summed E-state index contributed by atoms with van der Waals surface area (Å²) in [5.74, 6) is -2.02. The molecule has 1 unspecified atom stereocenters. The monoisotopic (exact) mass is 290 g/mol. The van der Waals surface area contributed by atoms with E-state index in [1.165, 1.54) is 0 Å². The lowest BCUT2D eigenvalue weighted by molar-refractivity contribution is -0.140. The van der Waals surface area contributed by atoms with Crippen LogP contribution in [0.2, 0.25) is 0 Å². The molecule has 1 fully saturated rings. The average Bonchev–Trinajstić information content (AvgIpc) is 2.88. The zero-order valence-electron chi connectivity index (χ0n) is 10.6. The van der Waals surface area contributed by atoms with Gasteiger partial charge < -0.3 is 10.6 Å². The lowest BCUT2D eigenvalue weighted by atomic mass is 10.1. The van der Waals surface area contributed by atoms with Crippen LogP contribution < -0.4 is 10.6 Å². The zero-order valence-corrected chi connectivity index (χ0v) is 10.6. The maximum atomic E-state index is 13.1. The summed E-state index contributed by atoms with van der Waals surface area (Å²) in [5, 5.41) is 5.70. The van der Waals surface area contributed by atoms with Gasteiger partial charge in [-0.3, -0.25) is 4.79 Å². The highest BCUT2D eigenvalue weighted by atomic mass is 19.4. The van der Waals surface area contributed by atoms with Gasteiger partial charge in [0.2, 0.25) is 0 Å². The predicted octanol–water partition coefficient (Wildman–Crippen LogP) is 2.33. The Morgan fingerprint density at radius 2 is 2.15 bits per heavy atom. The van der Waals surface area contributed by atoms with E-state index >= 15 is 0 Å². The molecule has 1 aliphatic rings. The molecule has 1 amide bonds. The van der Waals surface area contributed by atoms with Crippen molar-refractivity contribution in [2.45, 2.75) is 25.1 Å². The quantitative estimate of drug-likeness (QED) is 0.839. The van der Waals surface area contributed by atoms with Gasteiger partial charge in [-0.1, -0.05) is 0 Å². The van der Waals surface area contributed by atoms with E-state index in [0.717, 1.165) is 25.5 Å². The minimum atomic E-state index is -4.81. The normalized spacial score (nSPS) is 19.1. The van der Waals surface area contributed by atoms with Gasteiger partial charge >= 0.3 is 6.18 Å². The van der Waals surface area contributed by atoms with Crippen LogP contribution in [0.15, 0.2) is 18.2 Å². The summed E-state index contributed by atoms with van der Waals surface area (Å²) in [7, 11) is 0. The first kappa shape index (κ1) is 14.8. The fourth-order valence-electron chi connectivity index (χ4n) is 2.13. The van der Waals surface area contributed by atoms with Crippen molar-refractivity contribution in [2.24, 2.45) is 0 Å². The highest BCUT2D eigenvalue weighted by Crippen LogP contribution is 2.31. The molecule has 0 aliphatic carbocycles. The maximum absolute atomic E-state index is 13.1. The molecule has 0 saturated carbocycles. The first-order valence-corrected chi connectivity index (χ1v) is 6.26. The van der Waals surface area contributed by atoms with Crippen molar-refractivity contribution in [3.8, 4) is 0 Å². The SMILES string of the molecule is O=C(NCC1CCCN1)c1ccc(F)c(C(F)(F)F)c1. The van der Waals surface area contributed by atoms with Crippen LogP contribution in [0.4, 0.5) is 17.6 Å². The van der Waals surface area contributed by atoms with Crippen molar-refractivity contribution < 1.29 is 22.4 Å². The van der Waals surface area contributed by atoms with Crippen LogP contribution in [-0.4, -0.2) is 25.0 Å². The number of benzene rings is 1. The molecule has 0 radical (unpaired) electrons. The molecule has 1 aromatic rings. The topological polar surface area (TPSA) is 41.1 Å². The molecule has 1 heterocycles. The van der Waals surface area contributed by atoms with Crippen molar-refractivity contribution >= 4 is 5.91 Å². The van der Waals surface area contributed by atoms with Crippen LogP contribution in [-0.2, 0) is 6.18 Å².